The predicted molar refractivity (Wildman–Crippen MR) is 79.8 cm³/mol. The first kappa shape index (κ1) is 14.2. The van der Waals surface area contributed by atoms with Crippen molar-refractivity contribution in [3.63, 3.8) is 0 Å². The van der Waals surface area contributed by atoms with Crippen LogP contribution in [0.2, 0.25) is 10.0 Å². The van der Waals surface area contributed by atoms with Crippen LogP contribution < -0.4 is 5.32 Å². The molecule has 0 aromatic heterocycles. The van der Waals surface area contributed by atoms with Gasteiger partial charge in [0.05, 0.1) is 0 Å². The highest BCUT2D eigenvalue weighted by atomic mass is 35.5. The van der Waals surface area contributed by atoms with Crippen LogP contribution in [0.4, 0.5) is 0 Å². The first-order valence-corrected chi connectivity index (χ1v) is 6.78. The second kappa shape index (κ2) is 6.29. The molecule has 2 nitrogen and oxygen atoms in total. The van der Waals surface area contributed by atoms with Gasteiger partial charge in [0.25, 0.3) is 0 Å². The number of halogens is 2. The summed E-state index contributed by atoms with van der Waals surface area (Å²) < 4.78 is 0. The van der Waals surface area contributed by atoms with Crippen LogP contribution in [0.3, 0.4) is 0 Å². The maximum atomic E-state index is 9.77. The van der Waals surface area contributed by atoms with Crippen LogP contribution in [0.1, 0.15) is 24.1 Å². The molecule has 2 aromatic rings. The monoisotopic (exact) mass is 295 g/mol. The van der Waals surface area contributed by atoms with Crippen molar-refractivity contribution in [2.75, 3.05) is 0 Å². The van der Waals surface area contributed by atoms with Gasteiger partial charge in [-0.05, 0) is 36.8 Å². The first-order valence-electron chi connectivity index (χ1n) is 6.03. The molecule has 0 bridgehead atoms. The highest BCUT2D eigenvalue weighted by molar-refractivity contribution is 6.31. The Balaban J connectivity index is 2.04. The Bertz CT molecular complexity index is 534. The highest BCUT2D eigenvalue weighted by Gasteiger charge is 2.09. The van der Waals surface area contributed by atoms with Crippen LogP contribution >= 0.6 is 23.2 Å². The summed E-state index contributed by atoms with van der Waals surface area (Å²) in [6.45, 7) is 2.56. The molecular formula is C15H15Cl2NO. The van der Waals surface area contributed by atoms with Gasteiger partial charge >= 0.3 is 0 Å². The summed E-state index contributed by atoms with van der Waals surface area (Å²) in [5, 5.41) is 14.4. The molecule has 1 atom stereocenters. The summed E-state index contributed by atoms with van der Waals surface area (Å²) in [5.41, 5.74) is 1.85. The van der Waals surface area contributed by atoms with E-state index in [1.54, 1.807) is 18.2 Å². The minimum Gasteiger partial charge on any atom is -0.508 e. The lowest BCUT2D eigenvalue weighted by molar-refractivity contribution is 0.460. The van der Waals surface area contributed by atoms with Gasteiger partial charge in [-0.3, -0.25) is 0 Å². The molecular weight excluding hydrogens is 281 g/mol. The zero-order valence-electron chi connectivity index (χ0n) is 10.5. The molecule has 0 aliphatic carbocycles. The Morgan fingerprint density at radius 3 is 2.42 bits per heavy atom. The maximum Gasteiger partial charge on any atom is 0.121 e. The van der Waals surface area contributed by atoms with E-state index in [0.717, 1.165) is 10.6 Å². The Morgan fingerprint density at radius 2 is 1.79 bits per heavy atom. The predicted octanol–water partition coefficient (Wildman–Crippen LogP) is 4.55. The molecule has 0 aliphatic rings. The minimum absolute atomic E-state index is 0.146. The van der Waals surface area contributed by atoms with Crippen molar-refractivity contribution >= 4 is 23.2 Å². The largest absolute Gasteiger partial charge is 0.508 e. The Morgan fingerprint density at radius 1 is 1.11 bits per heavy atom. The highest BCUT2D eigenvalue weighted by Crippen LogP contribution is 2.26. The second-order valence-corrected chi connectivity index (χ2v) is 5.24. The molecule has 0 spiro atoms. The SMILES string of the molecule is CC(NCc1c(O)cccc1Cl)c1ccc(Cl)cc1. The average Bonchev–Trinajstić information content (AvgIpc) is 2.38. The van der Waals surface area contributed by atoms with Gasteiger partial charge in [0.2, 0.25) is 0 Å². The minimum atomic E-state index is 0.146. The summed E-state index contributed by atoms with van der Waals surface area (Å²) in [5.74, 6) is 0.211. The quantitative estimate of drug-likeness (QED) is 0.867. The molecule has 0 radical (unpaired) electrons. The third-order valence-electron chi connectivity index (χ3n) is 3.05. The number of hydrogen-bond donors (Lipinski definition) is 2. The summed E-state index contributed by atoms with van der Waals surface area (Å²) in [6, 6.07) is 13.0. The fraction of sp³-hybridized carbons (Fsp3) is 0.200. The van der Waals surface area contributed by atoms with Crippen molar-refractivity contribution < 1.29 is 5.11 Å². The molecule has 100 valence electrons. The second-order valence-electron chi connectivity index (χ2n) is 4.39. The lowest BCUT2D eigenvalue weighted by atomic mass is 10.1. The van der Waals surface area contributed by atoms with Crippen molar-refractivity contribution in [3.8, 4) is 5.75 Å². The normalized spacial score (nSPS) is 12.4. The van der Waals surface area contributed by atoms with E-state index in [1.807, 2.05) is 24.3 Å². The standard InChI is InChI=1S/C15H15Cl2NO/c1-10(11-5-7-12(16)8-6-11)18-9-13-14(17)3-2-4-15(13)19/h2-8,10,18-19H,9H2,1H3. The van der Waals surface area contributed by atoms with Gasteiger partial charge in [0.15, 0.2) is 0 Å². The van der Waals surface area contributed by atoms with Crippen LogP contribution in [0.25, 0.3) is 0 Å². The molecule has 0 saturated heterocycles. The van der Waals surface area contributed by atoms with Gasteiger partial charge in [-0.1, -0.05) is 41.4 Å². The number of hydrogen-bond acceptors (Lipinski definition) is 2. The molecule has 2 rings (SSSR count). The molecule has 4 heteroatoms. The number of benzene rings is 2. The smallest absolute Gasteiger partial charge is 0.121 e. The lowest BCUT2D eigenvalue weighted by Crippen LogP contribution is -2.18. The third kappa shape index (κ3) is 3.63. The molecule has 19 heavy (non-hydrogen) atoms. The van der Waals surface area contributed by atoms with Crippen molar-refractivity contribution in [1.29, 1.82) is 0 Å². The molecule has 0 fully saturated rings. The van der Waals surface area contributed by atoms with Crippen molar-refractivity contribution in [2.45, 2.75) is 19.5 Å². The van der Waals surface area contributed by atoms with Crippen LogP contribution in [0.15, 0.2) is 42.5 Å². The Hall–Kier alpha value is -1.22. The van der Waals surface area contributed by atoms with Crippen LogP contribution in [0, 0.1) is 0 Å². The van der Waals surface area contributed by atoms with Crippen molar-refractivity contribution in [2.24, 2.45) is 0 Å². The Kier molecular flexibility index (Phi) is 4.70. The molecule has 2 N–H and O–H groups in total. The number of rotatable bonds is 4. The van der Waals surface area contributed by atoms with E-state index in [-0.39, 0.29) is 11.8 Å². The van der Waals surface area contributed by atoms with Crippen molar-refractivity contribution in [3.05, 3.63) is 63.6 Å². The van der Waals surface area contributed by atoms with Gasteiger partial charge in [0.1, 0.15) is 5.75 Å². The van der Waals surface area contributed by atoms with Gasteiger partial charge in [-0.2, -0.15) is 0 Å². The fourth-order valence-corrected chi connectivity index (χ4v) is 2.21. The Labute approximate surface area is 123 Å². The van der Waals surface area contributed by atoms with E-state index >= 15 is 0 Å². The van der Waals surface area contributed by atoms with Gasteiger partial charge in [-0.15, -0.1) is 0 Å². The topological polar surface area (TPSA) is 32.3 Å². The van der Waals surface area contributed by atoms with Gasteiger partial charge in [-0.25, -0.2) is 0 Å². The number of phenolic OH excluding ortho intramolecular Hbond substituents is 1. The lowest BCUT2D eigenvalue weighted by Gasteiger charge is -2.15. The number of phenols is 1. The zero-order chi connectivity index (χ0) is 13.8. The molecule has 0 heterocycles. The average molecular weight is 296 g/mol. The molecule has 0 saturated carbocycles. The van der Waals surface area contributed by atoms with Gasteiger partial charge in [0, 0.05) is 28.2 Å². The summed E-state index contributed by atoms with van der Waals surface area (Å²) in [7, 11) is 0. The molecule has 0 amide bonds. The van der Waals surface area contributed by atoms with E-state index < -0.39 is 0 Å². The molecule has 2 aromatic carbocycles. The van der Waals surface area contributed by atoms with Crippen LogP contribution in [0.5, 0.6) is 5.75 Å². The van der Waals surface area contributed by atoms with Crippen LogP contribution in [-0.2, 0) is 6.54 Å². The van der Waals surface area contributed by atoms with E-state index in [4.69, 9.17) is 23.2 Å². The summed E-state index contributed by atoms with van der Waals surface area (Å²) in [4.78, 5) is 0. The molecule has 0 aliphatic heterocycles. The van der Waals surface area contributed by atoms with E-state index in [2.05, 4.69) is 12.2 Å². The molecule has 1 unspecified atom stereocenters. The van der Waals surface area contributed by atoms with Crippen molar-refractivity contribution in [1.82, 2.24) is 5.32 Å². The number of aromatic hydroxyl groups is 1. The number of nitrogens with one attached hydrogen (secondary N) is 1. The first-order chi connectivity index (χ1) is 9.08. The van der Waals surface area contributed by atoms with E-state index in [9.17, 15) is 5.11 Å². The zero-order valence-corrected chi connectivity index (χ0v) is 12.0. The van der Waals surface area contributed by atoms with Crippen LogP contribution in [-0.4, -0.2) is 5.11 Å². The maximum absolute atomic E-state index is 9.77. The third-order valence-corrected chi connectivity index (χ3v) is 3.66. The van der Waals surface area contributed by atoms with E-state index in [0.29, 0.717) is 17.1 Å². The fourth-order valence-electron chi connectivity index (χ4n) is 1.85. The van der Waals surface area contributed by atoms with E-state index in [1.165, 1.54) is 0 Å². The summed E-state index contributed by atoms with van der Waals surface area (Å²) >= 11 is 11.9. The summed E-state index contributed by atoms with van der Waals surface area (Å²) in [6.07, 6.45) is 0. The van der Waals surface area contributed by atoms with Gasteiger partial charge < -0.3 is 10.4 Å².